The highest BCUT2D eigenvalue weighted by Crippen LogP contribution is 2.15. The number of carbonyl (C=O) groups is 1. The van der Waals surface area contributed by atoms with Gasteiger partial charge in [0.1, 0.15) is 6.54 Å². The highest BCUT2D eigenvalue weighted by molar-refractivity contribution is 5.77. The third-order valence-electron chi connectivity index (χ3n) is 4.23. The summed E-state index contributed by atoms with van der Waals surface area (Å²) in [6.45, 7) is 7.64. The molecule has 0 saturated carbocycles. The maximum absolute atomic E-state index is 13.5. The van der Waals surface area contributed by atoms with E-state index in [-0.39, 0.29) is 18.3 Å². The van der Waals surface area contributed by atoms with Crippen molar-refractivity contribution in [2.24, 2.45) is 0 Å². The van der Waals surface area contributed by atoms with Crippen LogP contribution in [0.5, 0.6) is 5.75 Å². The molecule has 0 spiro atoms. The zero-order chi connectivity index (χ0) is 18.1. The van der Waals surface area contributed by atoms with Gasteiger partial charge in [-0.3, -0.25) is 4.79 Å². The number of hydrogen-bond acceptors (Lipinski definition) is 2. The molecule has 0 aliphatic carbocycles. The fourth-order valence-corrected chi connectivity index (χ4v) is 2.62. The van der Waals surface area contributed by atoms with Gasteiger partial charge in [0.15, 0.2) is 18.2 Å². The van der Waals surface area contributed by atoms with Crippen LogP contribution in [0.2, 0.25) is 0 Å². The second-order valence-electron chi connectivity index (χ2n) is 5.90. The molecule has 0 heterocycles. The molecule has 0 aliphatic heterocycles. The predicted molar refractivity (Wildman–Crippen MR) is 95.9 cm³/mol. The van der Waals surface area contributed by atoms with Crippen molar-refractivity contribution in [3.63, 3.8) is 0 Å². The first-order valence-corrected chi connectivity index (χ1v) is 8.68. The number of quaternary nitrogens is 1. The van der Waals surface area contributed by atoms with E-state index in [4.69, 9.17) is 4.74 Å². The minimum Gasteiger partial charge on any atom is -0.481 e. The SMILES string of the molecule is CC[NH+](CC)Cc1ccccc1CNC(=O)COc1ccccc1F. The lowest BCUT2D eigenvalue weighted by molar-refractivity contribution is -0.910. The molecule has 0 aliphatic rings. The highest BCUT2D eigenvalue weighted by Gasteiger charge is 2.11. The predicted octanol–water partition coefficient (Wildman–Crippen LogP) is 1.95. The topological polar surface area (TPSA) is 42.8 Å². The number of hydrogen-bond donors (Lipinski definition) is 2. The molecule has 134 valence electrons. The largest absolute Gasteiger partial charge is 0.481 e. The molecular formula is C20H26FN2O2+. The van der Waals surface area contributed by atoms with Crippen LogP contribution in [-0.4, -0.2) is 25.6 Å². The standard InChI is InChI=1S/C20H25FN2O2/c1-3-23(4-2)14-17-10-6-5-9-16(17)13-22-20(24)15-25-19-12-8-7-11-18(19)21/h5-12H,3-4,13-15H2,1-2H3,(H,22,24)/p+1. The Labute approximate surface area is 148 Å². The number of para-hydroxylation sites is 1. The smallest absolute Gasteiger partial charge is 0.258 e. The number of benzene rings is 2. The van der Waals surface area contributed by atoms with E-state index in [1.54, 1.807) is 12.1 Å². The summed E-state index contributed by atoms with van der Waals surface area (Å²) in [5.74, 6) is -0.653. The Hall–Kier alpha value is -2.40. The lowest BCUT2D eigenvalue weighted by atomic mass is 10.1. The first-order chi connectivity index (χ1) is 12.1. The first kappa shape index (κ1) is 18.9. The van der Waals surface area contributed by atoms with Crippen molar-refractivity contribution in [2.75, 3.05) is 19.7 Å². The van der Waals surface area contributed by atoms with Gasteiger partial charge in [0.2, 0.25) is 0 Å². The van der Waals surface area contributed by atoms with Gasteiger partial charge in [-0.25, -0.2) is 4.39 Å². The minimum absolute atomic E-state index is 0.0863. The normalized spacial score (nSPS) is 10.7. The molecule has 2 aromatic carbocycles. The van der Waals surface area contributed by atoms with Crippen LogP contribution in [0.15, 0.2) is 48.5 Å². The molecule has 5 heteroatoms. The zero-order valence-corrected chi connectivity index (χ0v) is 14.8. The van der Waals surface area contributed by atoms with Crippen LogP contribution in [0.4, 0.5) is 4.39 Å². The summed E-state index contributed by atoms with van der Waals surface area (Å²) in [4.78, 5) is 13.5. The van der Waals surface area contributed by atoms with E-state index >= 15 is 0 Å². The summed E-state index contributed by atoms with van der Waals surface area (Å²) in [7, 11) is 0. The molecule has 0 aromatic heterocycles. The number of rotatable bonds is 9. The van der Waals surface area contributed by atoms with Gasteiger partial charge in [-0.2, -0.15) is 0 Å². The van der Waals surface area contributed by atoms with Gasteiger partial charge in [0.05, 0.1) is 13.1 Å². The lowest BCUT2D eigenvalue weighted by Crippen LogP contribution is -3.10. The summed E-state index contributed by atoms with van der Waals surface area (Å²) >= 11 is 0. The van der Waals surface area contributed by atoms with Gasteiger partial charge >= 0.3 is 0 Å². The maximum Gasteiger partial charge on any atom is 0.258 e. The van der Waals surface area contributed by atoms with E-state index in [1.165, 1.54) is 22.6 Å². The number of ether oxygens (including phenoxy) is 1. The molecule has 4 nitrogen and oxygen atoms in total. The van der Waals surface area contributed by atoms with Crippen molar-refractivity contribution >= 4 is 5.91 Å². The number of carbonyl (C=O) groups excluding carboxylic acids is 1. The Morgan fingerprint density at radius 2 is 1.68 bits per heavy atom. The van der Waals surface area contributed by atoms with Crippen molar-refractivity contribution in [2.45, 2.75) is 26.9 Å². The van der Waals surface area contributed by atoms with Crippen LogP contribution in [0.3, 0.4) is 0 Å². The Morgan fingerprint density at radius 3 is 2.36 bits per heavy atom. The minimum atomic E-state index is -0.470. The summed E-state index contributed by atoms with van der Waals surface area (Å²) in [6, 6.07) is 14.2. The molecule has 2 rings (SSSR count). The Bertz CT molecular complexity index is 687. The molecule has 0 atom stereocenters. The molecule has 0 bridgehead atoms. The maximum atomic E-state index is 13.5. The molecule has 2 N–H and O–H groups in total. The monoisotopic (exact) mass is 345 g/mol. The van der Waals surface area contributed by atoms with E-state index < -0.39 is 5.82 Å². The Morgan fingerprint density at radius 1 is 1.04 bits per heavy atom. The van der Waals surface area contributed by atoms with Gasteiger partial charge in [-0.15, -0.1) is 0 Å². The summed E-state index contributed by atoms with van der Waals surface area (Å²) in [5, 5.41) is 2.84. The van der Waals surface area contributed by atoms with Gasteiger partial charge in [0.25, 0.3) is 5.91 Å². The fourth-order valence-electron chi connectivity index (χ4n) is 2.62. The third-order valence-corrected chi connectivity index (χ3v) is 4.23. The number of halogens is 1. The second kappa shape index (κ2) is 9.79. The van der Waals surface area contributed by atoms with Crippen LogP contribution >= 0.6 is 0 Å². The Balaban J connectivity index is 1.88. The van der Waals surface area contributed by atoms with E-state index in [0.29, 0.717) is 6.54 Å². The molecule has 0 saturated heterocycles. The van der Waals surface area contributed by atoms with Crippen LogP contribution < -0.4 is 15.0 Å². The Kier molecular flexibility index (Phi) is 7.41. The van der Waals surface area contributed by atoms with E-state index in [1.807, 2.05) is 18.2 Å². The van der Waals surface area contributed by atoms with E-state index in [9.17, 15) is 9.18 Å². The molecule has 2 aromatic rings. The van der Waals surface area contributed by atoms with Gasteiger partial charge in [0, 0.05) is 12.1 Å². The van der Waals surface area contributed by atoms with Crippen molar-refractivity contribution in [3.05, 3.63) is 65.5 Å². The molecular weight excluding hydrogens is 319 g/mol. The van der Waals surface area contributed by atoms with Crippen molar-refractivity contribution < 1.29 is 18.8 Å². The number of nitrogens with one attached hydrogen (secondary N) is 2. The van der Waals surface area contributed by atoms with Crippen LogP contribution in [0, 0.1) is 5.82 Å². The highest BCUT2D eigenvalue weighted by atomic mass is 19.1. The summed E-state index contributed by atoms with van der Waals surface area (Å²) < 4.78 is 18.7. The van der Waals surface area contributed by atoms with Crippen molar-refractivity contribution in [1.82, 2.24) is 5.32 Å². The van der Waals surface area contributed by atoms with Gasteiger partial charge < -0.3 is 15.0 Å². The summed E-state index contributed by atoms with van der Waals surface area (Å²) in [6.07, 6.45) is 0. The molecule has 0 radical (unpaired) electrons. The van der Waals surface area contributed by atoms with Gasteiger partial charge in [-0.1, -0.05) is 36.4 Å². The number of amides is 1. The lowest BCUT2D eigenvalue weighted by Gasteiger charge is -2.18. The van der Waals surface area contributed by atoms with E-state index in [0.717, 1.165) is 25.2 Å². The average molecular weight is 345 g/mol. The zero-order valence-electron chi connectivity index (χ0n) is 14.8. The van der Waals surface area contributed by atoms with Crippen LogP contribution in [0.1, 0.15) is 25.0 Å². The van der Waals surface area contributed by atoms with Crippen molar-refractivity contribution in [3.8, 4) is 5.75 Å². The molecule has 0 unspecified atom stereocenters. The molecule has 0 fully saturated rings. The third kappa shape index (κ3) is 5.87. The quantitative estimate of drug-likeness (QED) is 0.729. The van der Waals surface area contributed by atoms with E-state index in [2.05, 4.69) is 25.2 Å². The average Bonchev–Trinajstić information content (AvgIpc) is 2.64. The van der Waals surface area contributed by atoms with Crippen LogP contribution in [0.25, 0.3) is 0 Å². The van der Waals surface area contributed by atoms with Crippen LogP contribution in [-0.2, 0) is 17.9 Å². The molecule has 1 amide bonds. The first-order valence-electron chi connectivity index (χ1n) is 8.68. The van der Waals surface area contributed by atoms with Gasteiger partial charge in [-0.05, 0) is 31.5 Å². The fraction of sp³-hybridized carbons (Fsp3) is 0.350. The van der Waals surface area contributed by atoms with Crippen molar-refractivity contribution in [1.29, 1.82) is 0 Å². The summed E-state index contributed by atoms with van der Waals surface area (Å²) in [5.41, 5.74) is 2.33. The second-order valence-corrected chi connectivity index (χ2v) is 5.90. The molecule has 25 heavy (non-hydrogen) atoms.